The highest BCUT2D eigenvalue weighted by Gasteiger charge is 2.08. The van der Waals surface area contributed by atoms with Crippen LogP contribution in [0.5, 0.6) is 5.75 Å². The highest BCUT2D eigenvalue weighted by atomic mass is 35.5. The van der Waals surface area contributed by atoms with Crippen LogP contribution in [0.4, 0.5) is 0 Å². The second-order valence-corrected chi connectivity index (χ2v) is 4.90. The van der Waals surface area contributed by atoms with Crippen LogP contribution >= 0.6 is 11.6 Å². The number of rotatable bonds is 3. The molecule has 2 nitrogen and oxygen atoms in total. The summed E-state index contributed by atoms with van der Waals surface area (Å²) in [6, 6.07) is 9.55. The van der Waals surface area contributed by atoms with E-state index in [0.29, 0.717) is 10.6 Å². The summed E-state index contributed by atoms with van der Waals surface area (Å²) in [6.45, 7) is 4.01. The number of halogens is 1. The number of ether oxygens (including phenoxy) is 1. The number of hydrogen-bond donors (Lipinski definition) is 0. The van der Waals surface area contributed by atoms with Crippen LogP contribution < -0.4 is 4.74 Å². The highest BCUT2D eigenvalue weighted by Crippen LogP contribution is 2.31. The summed E-state index contributed by atoms with van der Waals surface area (Å²) in [6.07, 6.45) is 0.773. The topological polar surface area (TPSA) is 26.3 Å². The molecule has 0 aromatic heterocycles. The van der Waals surface area contributed by atoms with Crippen LogP contribution in [-0.4, -0.2) is 13.4 Å². The molecule has 0 fully saturated rings. The van der Waals surface area contributed by atoms with Gasteiger partial charge in [-0.2, -0.15) is 0 Å². The highest BCUT2D eigenvalue weighted by molar-refractivity contribution is 6.33. The monoisotopic (exact) mass is 274 g/mol. The average molecular weight is 275 g/mol. The third kappa shape index (κ3) is 2.64. The molecule has 0 saturated heterocycles. The Hall–Kier alpha value is -1.80. The van der Waals surface area contributed by atoms with Crippen molar-refractivity contribution in [2.45, 2.75) is 13.8 Å². The minimum Gasteiger partial charge on any atom is -0.496 e. The van der Waals surface area contributed by atoms with Crippen LogP contribution in [0.15, 0.2) is 30.3 Å². The Kier molecular flexibility index (Phi) is 3.91. The molecule has 0 amide bonds. The number of hydrogen-bond acceptors (Lipinski definition) is 2. The van der Waals surface area contributed by atoms with Gasteiger partial charge in [0.25, 0.3) is 0 Å². The van der Waals surface area contributed by atoms with Crippen LogP contribution in [0.2, 0.25) is 5.02 Å². The minimum absolute atomic E-state index is 0.473. The van der Waals surface area contributed by atoms with Gasteiger partial charge in [0.05, 0.1) is 12.1 Å². The normalized spacial score (nSPS) is 10.3. The first kappa shape index (κ1) is 13.6. The van der Waals surface area contributed by atoms with Crippen LogP contribution in [-0.2, 0) is 0 Å². The van der Waals surface area contributed by atoms with Gasteiger partial charge in [-0.3, -0.25) is 4.79 Å². The van der Waals surface area contributed by atoms with E-state index in [1.807, 2.05) is 32.0 Å². The summed E-state index contributed by atoms with van der Waals surface area (Å²) in [5.41, 5.74) is 4.67. The van der Waals surface area contributed by atoms with Gasteiger partial charge in [-0.05, 0) is 60.4 Å². The molecule has 2 rings (SSSR count). The molecule has 19 heavy (non-hydrogen) atoms. The summed E-state index contributed by atoms with van der Waals surface area (Å²) >= 11 is 5.94. The molecule has 2 aromatic rings. The molecule has 0 aliphatic rings. The first-order valence-electron chi connectivity index (χ1n) is 5.97. The van der Waals surface area contributed by atoms with Crippen molar-refractivity contribution in [3.63, 3.8) is 0 Å². The molecule has 0 saturated carbocycles. The molecule has 0 atom stereocenters. The Morgan fingerprint density at radius 3 is 2.21 bits per heavy atom. The molecular weight excluding hydrogens is 260 g/mol. The average Bonchev–Trinajstić information content (AvgIpc) is 2.39. The number of benzene rings is 2. The summed E-state index contributed by atoms with van der Waals surface area (Å²) in [5, 5.41) is 0.473. The number of methoxy groups -OCH3 is 1. The fourth-order valence-electron chi connectivity index (χ4n) is 2.25. The Labute approximate surface area is 118 Å². The molecule has 98 valence electrons. The van der Waals surface area contributed by atoms with Crippen molar-refractivity contribution in [1.82, 2.24) is 0 Å². The molecule has 0 aliphatic heterocycles. The van der Waals surface area contributed by atoms with Crippen molar-refractivity contribution in [3.05, 3.63) is 52.0 Å². The SMILES string of the molecule is COc1c(C)cc(-c2ccc(Cl)c(C=O)c2)cc1C. The quantitative estimate of drug-likeness (QED) is 0.773. The molecule has 0 aliphatic carbocycles. The van der Waals surface area contributed by atoms with Gasteiger partial charge < -0.3 is 4.74 Å². The van der Waals surface area contributed by atoms with Crippen molar-refractivity contribution in [2.75, 3.05) is 7.11 Å². The van der Waals surface area contributed by atoms with Gasteiger partial charge in [-0.25, -0.2) is 0 Å². The maximum Gasteiger partial charge on any atom is 0.151 e. The van der Waals surface area contributed by atoms with Gasteiger partial charge in [-0.1, -0.05) is 17.7 Å². The Bertz CT molecular complexity index is 610. The van der Waals surface area contributed by atoms with Crippen LogP contribution in [0, 0.1) is 13.8 Å². The zero-order valence-electron chi connectivity index (χ0n) is 11.2. The predicted octanol–water partition coefficient (Wildman–Crippen LogP) is 4.44. The summed E-state index contributed by atoms with van der Waals surface area (Å²) < 4.78 is 5.35. The van der Waals surface area contributed by atoms with Crippen molar-refractivity contribution < 1.29 is 9.53 Å². The Balaban J connectivity index is 2.56. The molecule has 0 spiro atoms. The molecule has 0 N–H and O–H groups in total. The van der Waals surface area contributed by atoms with E-state index in [4.69, 9.17) is 16.3 Å². The minimum atomic E-state index is 0.473. The molecular formula is C16H15ClO2. The summed E-state index contributed by atoms with van der Waals surface area (Å²) in [4.78, 5) is 10.9. The van der Waals surface area contributed by atoms with E-state index >= 15 is 0 Å². The summed E-state index contributed by atoms with van der Waals surface area (Å²) in [7, 11) is 1.67. The Morgan fingerprint density at radius 2 is 1.68 bits per heavy atom. The zero-order valence-corrected chi connectivity index (χ0v) is 11.9. The van der Waals surface area contributed by atoms with Gasteiger partial charge in [0.1, 0.15) is 5.75 Å². The van der Waals surface area contributed by atoms with Crippen molar-refractivity contribution in [1.29, 1.82) is 0 Å². The van der Waals surface area contributed by atoms with Crippen molar-refractivity contribution in [2.24, 2.45) is 0 Å². The van der Waals surface area contributed by atoms with Gasteiger partial charge in [-0.15, -0.1) is 0 Å². The van der Waals surface area contributed by atoms with E-state index < -0.39 is 0 Å². The maximum absolute atomic E-state index is 10.9. The van der Waals surface area contributed by atoms with Crippen LogP contribution in [0.1, 0.15) is 21.5 Å². The first-order chi connectivity index (χ1) is 9.06. The third-order valence-corrected chi connectivity index (χ3v) is 3.46. The number of carbonyl (C=O) groups excluding carboxylic acids is 1. The summed E-state index contributed by atoms with van der Waals surface area (Å²) in [5.74, 6) is 0.897. The lowest BCUT2D eigenvalue weighted by molar-refractivity contribution is 0.112. The zero-order chi connectivity index (χ0) is 14.0. The molecule has 2 aromatic carbocycles. The first-order valence-corrected chi connectivity index (χ1v) is 6.35. The van der Waals surface area contributed by atoms with E-state index in [2.05, 4.69) is 0 Å². The lowest BCUT2D eigenvalue weighted by Gasteiger charge is -2.12. The van der Waals surface area contributed by atoms with Crippen LogP contribution in [0.25, 0.3) is 11.1 Å². The van der Waals surface area contributed by atoms with E-state index in [-0.39, 0.29) is 0 Å². The lowest BCUT2D eigenvalue weighted by atomic mass is 9.98. The maximum atomic E-state index is 10.9. The van der Waals surface area contributed by atoms with Gasteiger partial charge in [0.15, 0.2) is 6.29 Å². The third-order valence-electron chi connectivity index (χ3n) is 3.12. The molecule has 0 bridgehead atoms. The van der Waals surface area contributed by atoms with E-state index in [0.717, 1.165) is 34.3 Å². The largest absolute Gasteiger partial charge is 0.496 e. The predicted molar refractivity (Wildman–Crippen MR) is 78.3 cm³/mol. The second-order valence-electron chi connectivity index (χ2n) is 4.50. The Morgan fingerprint density at radius 1 is 1.05 bits per heavy atom. The number of aryl methyl sites for hydroxylation is 2. The molecule has 0 radical (unpaired) electrons. The van der Waals surface area contributed by atoms with E-state index in [9.17, 15) is 4.79 Å². The molecule has 0 heterocycles. The fourth-order valence-corrected chi connectivity index (χ4v) is 2.41. The van der Waals surface area contributed by atoms with Crippen molar-refractivity contribution >= 4 is 17.9 Å². The van der Waals surface area contributed by atoms with Crippen LogP contribution in [0.3, 0.4) is 0 Å². The van der Waals surface area contributed by atoms with Gasteiger partial charge in [0, 0.05) is 5.56 Å². The van der Waals surface area contributed by atoms with Crippen molar-refractivity contribution in [3.8, 4) is 16.9 Å². The number of aldehydes is 1. The number of carbonyl (C=O) groups is 1. The fraction of sp³-hybridized carbons (Fsp3) is 0.188. The molecule has 0 unspecified atom stereocenters. The second kappa shape index (κ2) is 5.45. The van der Waals surface area contributed by atoms with E-state index in [1.165, 1.54) is 0 Å². The standard InChI is InChI=1S/C16H15ClO2/c1-10-6-13(7-11(2)16(10)19-3)12-4-5-15(17)14(8-12)9-18/h4-9H,1-3H3. The van der Waals surface area contributed by atoms with E-state index in [1.54, 1.807) is 19.2 Å². The van der Waals surface area contributed by atoms with Gasteiger partial charge >= 0.3 is 0 Å². The molecule has 3 heteroatoms. The smallest absolute Gasteiger partial charge is 0.151 e. The lowest BCUT2D eigenvalue weighted by Crippen LogP contribution is -1.92. The van der Waals surface area contributed by atoms with Gasteiger partial charge in [0.2, 0.25) is 0 Å².